The first kappa shape index (κ1) is 21.2. The molecule has 28 heavy (non-hydrogen) atoms. The number of thiocarbonyl (C=S) groups is 1. The normalized spacial score (nSPS) is 10.1. The Bertz CT molecular complexity index is 838. The summed E-state index contributed by atoms with van der Waals surface area (Å²) in [4.78, 5) is 24.0. The van der Waals surface area contributed by atoms with Gasteiger partial charge in [0.05, 0.1) is 7.11 Å². The van der Waals surface area contributed by atoms with E-state index in [2.05, 4.69) is 30.0 Å². The van der Waals surface area contributed by atoms with Crippen LogP contribution in [0.1, 0.15) is 35.7 Å². The monoisotopic (exact) mass is 401 g/mol. The SMILES string of the molecule is COc1ccccc1OCC(=O)NNC(=S)NC(=O)c1ccc(C(C)C)cc1. The first-order chi connectivity index (χ1) is 13.4. The topological polar surface area (TPSA) is 88.7 Å². The van der Waals surface area contributed by atoms with E-state index in [1.807, 2.05) is 12.1 Å². The molecule has 0 aliphatic rings. The maximum absolute atomic E-state index is 12.2. The van der Waals surface area contributed by atoms with Gasteiger partial charge in [-0.3, -0.25) is 25.8 Å². The van der Waals surface area contributed by atoms with Crippen LogP contribution < -0.4 is 25.6 Å². The van der Waals surface area contributed by atoms with Gasteiger partial charge in [-0.2, -0.15) is 0 Å². The summed E-state index contributed by atoms with van der Waals surface area (Å²) in [6.45, 7) is 3.91. The summed E-state index contributed by atoms with van der Waals surface area (Å²) in [6, 6.07) is 14.2. The molecule has 8 heteroatoms. The van der Waals surface area contributed by atoms with Gasteiger partial charge < -0.3 is 9.47 Å². The van der Waals surface area contributed by atoms with E-state index in [1.165, 1.54) is 7.11 Å². The molecule has 0 unspecified atom stereocenters. The maximum atomic E-state index is 12.2. The maximum Gasteiger partial charge on any atom is 0.276 e. The standard InChI is InChI=1S/C20H23N3O4S/c1-13(2)14-8-10-15(11-9-14)19(25)21-20(28)23-22-18(24)12-27-17-7-5-4-6-16(17)26-3/h4-11,13H,12H2,1-3H3,(H,22,24)(H2,21,23,25,28). The molecule has 2 aromatic carbocycles. The van der Waals surface area contributed by atoms with E-state index < -0.39 is 5.91 Å². The molecule has 2 aromatic rings. The van der Waals surface area contributed by atoms with Crippen LogP contribution in [0.15, 0.2) is 48.5 Å². The Morgan fingerprint density at radius 2 is 1.64 bits per heavy atom. The summed E-state index contributed by atoms with van der Waals surface area (Å²) in [6.07, 6.45) is 0. The number of rotatable bonds is 6. The van der Waals surface area contributed by atoms with E-state index >= 15 is 0 Å². The zero-order valence-electron chi connectivity index (χ0n) is 15.9. The quantitative estimate of drug-likeness (QED) is 0.509. The Labute approximate surface area is 169 Å². The van der Waals surface area contributed by atoms with Crippen LogP contribution in [0.5, 0.6) is 11.5 Å². The van der Waals surface area contributed by atoms with Crippen LogP contribution in [0.3, 0.4) is 0 Å². The number of ether oxygens (including phenoxy) is 2. The fourth-order valence-corrected chi connectivity index (χ4v) is 2.41. The first-order valence-corrected chi connectivity index (χ1v) is 9.07. The van der Waals surface area contributed by atoms with Crippen LogP contribution >= 0.6 is 12.2 Å². The van der Waals surface area contributed by atoms with Gasteiger partial charge in [-0.1, -0.05) is 38.1 Å². The molecule has 2 rings (SSSR count). The lowest BCUT2D eigenvalue weighted by Gasteiger charge is -2.13. The first-order valence-electron chi connectivity index (χ1n) is 8.66. The lowest BCUT2D eigenvalue weighted by Crippen LogP contribution is -2.49. The average Bonchev–Trinajstić information content (AvgIpc) is 2.70. The van der Waals surface area contributed by atoms with E-state index in [0.717, 1.165) is 5.56 Å². The van der Waals surface area contributed by atoms with Crippen LogP contribution in [-0.4, -0.2) is 30.6 Å². The fraction of sp³-hybridized carbons (Fsp3) is 0.250. The molecular formula is C20H23N3O4S. The zero-order chi connectivity index (χ0) is 20.5. The van der Waals surface area contributed by atoms with Gasteiger partial charge in [0.1, 0.15) is 0 Å². The molecule has 0 saturated heterocycles. The van der Waals surface area contributed by atoms with E-state index in [1.54, 1.807) is 36.4 Å². The number of benzene rings is 2. The second-order valence-electron chi connectivity index (χ2n) is 6.17. The highest BCUT2D eigenvalue weighted by Crippen LogP contribution is 2.25. The molecule has 148 valence electrons. The second-order valence-corrected chi connectivity index (χ2v) is 6.58. The molecule has 0 aliphatic heterocycles. The van der Waals surface area contributed by atoms with Crippen molar-refractivity contribution in [1.29, 1.82) is 0 Å². The minimum atomic E-state index is -0.469. The molecular weight excluding hydrogens is 378 g/mol. The molecule has 0 atom stereocenters. The Balaban J connectivity index is 1.76. The van der Waals surface area contributed by atoms with Crippen molar-refractivity contribution >= 4 is 29.1 Å². The molecule has 0 spiro atoms. The number of nitrogens with one attached hydrogen (secondary N) is 3. The molecule has 2 amide bonds. The highest BCUT2D eigenvalue weighted by Gasteiger charge is 2.10. The van der Waals surface area contributed by atoms with Crippen molar-refractivity contribution in [3.63, 3.8) is 0 Å². The number of hydrogen-bond donors (Lipinski definition) is 3. The van der Waals surface area contributed by atoms with Crippen molar-refractivity contribution in [3.8, 4) is 11.5 Å². The van der Waals surface area contributed by atoms with Crippen molar-refractivity contribution in [1.82, 2.24) is 16.2 Å². The fourth-order valence-electron chi connectivity index (χ4n) is 2.27. The van der Waals surface area contributed by atoms with Crippen LogP contribution in [0.4, 0.5) is 0 Å². The lowest BCUT2D eigenvalue weighted by atomic mass is 10.0. The van der Waals surface area contributed by atoms with E-state index in [9.17, 15) is 9.59 Å². The van der Waals surface area contributed by atoms with Gasteiger partial charge in [0.2, 0.25) is 0 Å². The second kappa shape index (κ2) is 10.3. The van der Waals surface area contributed by atoms with E-state index in [0.29, 0.717) is 23.0 Å². The Morgan fingerprint density at radius 3 is 2.25 bits per heavy atom. The molecule has 0 saturated carbocycles. The number of methoxy groups -OCH3 is 1. The predicted molar refractivity (Wildman–Crippen MR) is 110 cm³/mol. The number of hydrazine groups is 1. The third kappa shape index (κ3) is 6.24. The van der Waals surface area contributed by atoms with Crippen molar-refractivity contribution in [2.45, 2.75) is 19.8 Å². The number of carbonyl (C=O) groups is 2. The molecule has 0 aromatic heterocycles. The zero-order valence-corrected chi connectivity index (χ0v) is 16.8. The van der Waals surface area contributed by atoms with Crippen LogP contribution in [0, 0.1) is 0 Å². The average molecular weight is 401 g/mol. The van der Waals surface area contributed by atoms with Crippen molar-refractivity contribution in [2.24, 2.45) is 0 Å². The third-order valence-corrected chi connectivity index (χ3v) is 4.01. The largest absolute Gasteiger partial charge is 0.493 e. The number of carbonyl (C=O) groups excluding carboxylic acids is 2. The number of para-hydroxylation sites is 2. The Hall–Kier alpha value is -3.13. The minimum absolute atomic E-state index is 0.0245. The molecule has 0 radical (unpaired) electrons. The molecule has 0 fully saturated rings. The third-order valence-electron chi connectivity index (χ3n) is 3.81. The van der Waals surface area contributed by atoms with Crippen LogP contribution in [-0.2, 0) is 4.79 Å². The van der Waals surface area contributed by atoms with Gasteiger partial charge in [0.25, 0.3) is 11.8 Å². The van der Waals surface area contributed by atoms with Gasteiger partial charge in [-0.25, -0.2) is 0 Å². The van der Waals surface area contributed by atoms with Crippen molar-refractivity contribution in [3.05, 3.63) is 59.7 Å². The molecule has 7 nitrogen and oxygen atoms in total. The summed E-state index contributed by atoms with van der Waals surface area (Å²) < 4.78 is 10.5. The van der Waals surface area contributed by atoms with Gasteiger partial charge in [-0.15, -0.1) is 0 Å². The summed E-state index contributed by atoms with van der Waals surface area (Å²) in [5.74, 6) is 0.514. The van der Waals surface area contributed by atoms with Crippen molar-refractivity contribution in [2.75, 3.05) is 13.7 Å². The highest BCUT2D eigenvalue weighted by molar-refractivity contribution is 7.80. The van der Waals surface area contributed by atoms with E-state index in [4.69, 9.17) is 21.7 Å². The van der Waals surface area contributed by atoms with Crippen molar-refractivity contribution < 1.29 is 19.1 Å². The van der Waals surface area contributed by atoms with Crippen LogP contribution in [0.25, 0.3) is 0 Å². The van der Waals surface area contributed by atoms with E-state index in [-0.39, 0.29) is 17.6 Å². The summed E-state index contributed by atoms with van der Waals surface area (Å²) in [7, 11) is 1.52. The summed E-state index contributed by atoms with van der Waals surface area (Å²) >= 11 is 5.01. The summed E-state index contributed by atoms with van der Waals surface area (Å²) in [5, 5.41) is 2.47. The van der Waals surface area contributed by atoms with Gasteiger partial charge in [-0.05, 0) is 48.0 Å². The molecule has 0 aliphatic carbocycles. The van der Waals surface area contributed by atoms with Gasteiger partial charge >= 0.3 is 0 Å². The predicted octanol–water partition coefficient (Wildman–Crippen LogP) is 2.53. The minimum Gasteiger partial charge on any atom is -0.493 e. The molecule has 3 N–H and O–H groups in total. The molecule has 0 heterocycles. The van der Waals surface area contributed by atoms with Gasteiger partial charge in [0, 0.05) is 5.56 Å². The van der Waals surface area contributed by atoms with Gasteiger partial charge in [0.15, 0.2) is 23.2 Å². The number of amides is 2. The lowest BCUT2D eigenvalue weighted by molar-refractivity contribution is -0.123. The smallest absolute Gasteiger partial charge is 0.276 e. The Morgan fingerprint density at radius 1 is 1.00 bits per heavy atom. The Kier molecular flexibility index (Phi) is 7.76. The summed E-state index contributed by atoms with van der Waals surface area (Å²) in [5.41, 5.74) is 6.44. The van der Waals surface area contributed by atoms with Crippen LogP contribution in [0.2, 0.25) is 0 Å². The number of hydrogen-bond acceptors (Lipinski definition) is 5. The highest BCUT2D eigenvalue weighted by atomic mass is 32.1. The molecule has 0 bridgehead atoms.